The summed E-state index contributed by atoms with van der Waals surface area (Å²) < 4.78 is 0. The first kappa shape index (κ1) is 16.5. The molecule has 2 heterocycles. The lowest BCUT2D eigenvalue weighted by Crippen LogP contribution is -2.47. The number of carbonyl (C=O) groups excluding carboxylic acids is 1. The van der Waals surface area contributed by atoms with Gasteiger partial charge in [-0.1, -0.05) is 24.3 Å². The van der Waals surface area contributed by atoms with Gasteiger partial charge < -0.3 is 14.8 Å². The average Bonchev–Trinajstić information content (AvgIpc) is 2.68. The summed E-state index contributed by atoms with van der Waals surface area (Å²) in [6, 6.07) is 14.5. The van der Waals surface area contributed by atoms with Gasteiger partial charge in [-0.25, -0.2) is 4.98 Å². The summed E-state index contributed by atoms with van der Waals surface area (Å²) in [5, 5.41) is 0.568. The van der Waals surface area contributed by atoms with Gasteiger partial charge in [0.05, 0.1) is 10.9 Å². The van der Waals surface area contributed by atoms with Crippen LogP contribution in [0.15, 0.2) is 53.3 Å². The smallest absolute Gasteiger partial charge is 0.259 e. The van der Waals surface area contributed by atoms with Crippen LogP contribution in [0.1, 0.15) is 10.4 Å². The molecule has 3 aromatic rings. The fourth-order valence-corrected chi connectivity index (χ4v) is 3.19. The lowest BCUT2D eigenvalue weighted by molar-refractivity contribution is 0.0664. The van der Waals surface area contributed by atoms with Crippen LogP contribution in [0.3, 0.4) is 0 Å². The molecular weight excluding hydrogens is 328 g/mol. The van der Waals surface area contributed by atoms with E-state index in [4.69, 9.17) is 0 Å². The first-order valence-corrected chi connectivity index (χ1v) is 8.69. The van der Waals surface area contributed by atoms with E-state index in [0.717, 1.165) is 31.7 Å². The van der Waals surface area contributed by atoms with Crippen LogP contribution in [-0.2, 0) is 0 Å². The lowest BCUT2D eigenvalue weighted by atomic mass is 10.1. The second kappa shape index (κ2) is 6.72. The highest BCUT2D eigenvalue weighted by Crippen LogP contribution is 2.18. The molecule has 1 aliphatic heterocycles. The second-order valence-corrected chi connectivity index (χ2v) is 6.60. The number of rotatable bonds is 2. The van der Waals surface area contributed by atoms with Crippen LogP contribution in [-0.4, -0.2) is 58.9 Å². The standard InChI is InChI=1S/C20H20N4O2/c1-23-10-12-24(13-11-23)20(26)15-8-6-14(7-9-15)18-21-17-5-3-2-4-16(17)19(25)22-18/h2-9H,10-13H2,1H3,(H,21,22,25). The van der Waals surface area contributed by atoms with Gasteiger partial charge in [0.1, 0.15) is 5.82 Å². The van der Waals surface area contributed by atoms with E-state index < -0.39 is 0 Å². The largest absolute Gasteiger partial charge is 0.336 e. The van der Waals surface area contributed by atoms with Gasteiger partial charge in [0, 0.05) is 37.3 Å². The number of fused-ring (bicyclic) bond motifs is 1. The first-order valence-electron chi connectivity index (χ1n) is 8.69. The molecule has 1 saturated heterocycles. The minimum absolute atomic E-state index is 0.0459. The van der Waals surface area contributed by atoms with Crippen molar-refractivity contribution in [2.75, 3.05) is 33.2 Å². The Balaban J connectivity index is 1.60. The predicted molar refractivity (Wildman–Crippen MR) is 101 cm³/mol. The summed E-state index contributed by atoms with van der Waals surface area (Å²) in [4.78, 5) is 36.3. The number of hydrogen-bond acceptors (Lipinski definition) is 4. The van der Waals surface area contributed by atoms with Gasteiger partial charge in [0.25, 0.3) is 11.5 Å². The molecule has 6 heteroatoms. The molecule has 0 saturated carbocycles. The Morgan fingerprint density at radius 3 is 2.42 bits per heavy atom. The van der Waals surface area contributed by atoms with Crippen molar-refractivity contribution in [3.8, 4) is 11.4 Å². The summed E-state index contributed by atoms with van der Waals surface area (Å²) in [6.07, 6.45) is 0. The average molecular weight is 348 g/mol. The van der Waals surface area contributed by atoms with Crippen molar-refractivity contribution in [1.29, 1.82) is 0 Å². The van der Waals surface area contributed by atoms with Crippen LogP contribution in [0.25, 0.3) is 22.3 Å². The molecule has 0 aliphatic carbocycles. The van der Waals surface area contributed by atoms with Crippen LogP contribution in [0, 0.1) is 0 Å². The monoisotopic (exact) mass is 348 g/mol. The van der Waals surface area contributed by atoms with Crippen LogP contribution >= 0.6 is 0 Å². The molecule has 0 atom stereocenters. The number of benzene rings is 2. The summed E-state index contributed by atoms with van der Waals surface area (Å²) >= 11 is 0. The molecule has 26 heavy (non-hydrogen) atoms. The van der Waals surface area contributed by atoms with Crippen molar-refractivity contribution in [2.45, 2.75) is 0 Å². The number of carbonyl (C=O) groups is 1. The van der Waals surface area contributed by atoms with E-state index in [1.54, 1.807) is 18.2 Å². The summed E-state index contributed by atoms with van der Waals surface area (Å²) in [6.45, 7) is 3.28. The SMILES string of the molecule is CN1CCN(C(=O)c2ccc(-c3nc4ccccc4c(=O)[nH]3)cc2)CC1. The van der Waals surface area contributed by atoms with Crippen molar-refractivity contribution in [2.24, 2.45) is 0 Å². The third-order valence-corrected chi connectivity index (χ3v) is 4.81. The Morgan fingerprint density at radius 2 is 1.69 bits per heavy atom. The van der Waals surface area contributed by atoms with Gasteiger partial charge in [-0.2, -0.15) is 0 Å². The van der Waals surface area contributed by atoms with E-state index in [1.807, 2.05) is 35.2 Å². The fraction of sp³-hybridized carbons (Fsp3) is 0.250. The van der Waals surface area contributed by atoms with E-state index in [-0.39, 0.29) is 11.5 Å². The van der Waals surface area contributed by atoms with Crippen molar-refractivity contribution < 1.29 is 4.79 Å². The molecule has 0 radical (unpaired) electrons. The molecule has 6 nitrogen and oxygen atoms in total. The predicted octanol–water partition coefficient (Wildman–Crippen LogP) is 1.98. The van der Waals surface area contributed by atoms with Gasteiger partial charge in [0.2, 0.25) is 0 Å². The zero-order valence-electron chi connectivity index (χ0n) is 14.6. The zero-order chi connectivity index (χ0) is 18.1. The topological polar surface area (TPSA) is 69.3 Å². The Hall–Kier alpha value is -2.99. The Bertz CT molecular complexity index is 1000. The molecular formula is C20H20N4O2. The maximum atomic E-state index is 12.6. The zero-order valence-corrected chi connectivity index (χ0v) is 14.6. The molecule has 2 aromatic carbocycles. The van der Waals surface area contributed by atoms with Crippen molar-refractivity contribution >= 4 is 16.8 Å². The molecule has 132 valence electrons. The summed E-state index contributed by atoms with van der Waals surface area (Å²) in [5.41, 5.74) is 1.93. The molecule has 1 amide bonds. The molecule has 1 aromatic heterocycles. The lowest BCUT2D eigenvalue weighted by Gasteiger charge is -2.32. The van der Waals surface area contributed by atoms with E-state index in [0.29, 0.717) is 22.3 Å². The van der Waals surface area contributed by atoms with Crippen LogP contribution in [0.5, 0.6) is 0 Å². The molecule has 4 rings (SSSR count). The Morgan fingerprint density at radius 1 is 1.00 bits per heavy atom. The number of para-hydroxylation sites is 1. The third kappa shape index (κ3) is 3.11. The van der Waals surface area contributed by atoms with E-state index in [9.17, 15) is 9.59 Å². The van der Waals surface area contributed by atoms with Crippen LogP contribution in [0.4, 0.5) is 0 Å². The number of aromatic amines is 1. The maximum Gasteiger partial charge on any atom is 0.259 e. The summed E-state index contributed by atoms with van der Waals surface area (Å²) in [5.74, 6) is 0.553. The number of likely N-dealkylation sites (N-methyl/N-ethyl adjacent to an activating group) is 1. The number of piperazine rings is 1. The third-order valence-electron chi connectivity index (χ3n) is 4.81. The fourth-order valence-electron chi connectivity index (χ4n) is 3.19. The number of nitrogens with zero attached hydrogens (tertiary/aromatic N) is 3. The van der Waals surface area contributed by atoms with E-state index in [2.05, 4.69) is 21.9 Å². The van der Waals surface area contributed by atoms with E-state index in [1.165, 1.54) is 0 Å². The maximum absolute atomic E-state index is 12.6. The van der Waals surface area contributed by atoms with E-state index >= 15 is 0 Å². The molecule has 0 spiro atoms. The molecule has 0 bridgehead atoms. The minimum Gasteiger partial charge on any atom is -0.336 e. The molecule has 0 unspecified atom stereocenters. The van der Waals surface area contributed by atoms with Crippen molar-refractivity contribution in [1.82, 2.24) is 19.8 Å². The number of H-pyrrole nitrogens is 1. The van der Waals surface area contributed by atoms with Crippen molar-refractivity contribution in [3.63, 3.8) is 0 Å². The van der Waals surface area contributed by atoms with Gasteiger partial charge in [0.15, 0.2) is 0 Å². The van der Waals surface area contributed by atoms with Gasteiger partial charge in [-0.3, -0.25) is 9.59 Å². The number of aromatic nitrogens is 2. The highest BCUT2D eigenvalue weighted by Gasteiger charge is 2.20. The van der Waals surface area contributed by atoms with Crippen molar-refractivity contribution in [3.05, 3.63) is 64.4 Å². The Kier molecular flexibility index (Phi) is 4.26. The van der Waals surface area contributed by atoms with Crippen LogP contribution in [0.2, 0.25) is 0 Å². The Labute approximate surface area is 151 Å². The summed E-state index contributed by atoms with van der Waals surface area (Å²) in [7, 11) is 2.06. The van der Waals surface area contributed by atoms with Crippen LogP contribution < -0.4 is 5.56 Å². The number of nitrogens with one attached hydrogen (secondary N) is 1. The van der Waals surface area contributed by atoms with Gasteiger partial charge >= 0.3 is 0 Å². The number of amides is 1. The van der Waals surface area contributed by atoms with Gasteiger partial charge in [-0.05, 0) is 31.3 Å². The quantitative estimate of drug-likeness (QED) is 0.769. The normalized spacial score (nSPS) is 15.3. The second-order valence-electron chi connectivity index (χ2n) is 6.60. The molecule has 1 N–H and O–H groups in total. The molecule has 1 aliphatic rings. The van der Waals surface area contributed by atoms with Gasteiger partial charge in [-0.15, -0.1) is 0 Å². The molecule has 1 fully saturated rings. The minimum atomic E-state index is -0.164. The highest BCUT2D eigenvalue weighted by molar-refractivity contribution is 5.94. The number of hydrogen-bond donors (Lipinski definition) is 1. The highest BCUT2D eigenvalue weighted by atomic mass is 16.2. The first-order chi connectivity index (χ1) is 12.6.